The third-order valence-corrected chi connectivity index (χ3v) is 10.2. The molecule has 0 aliphatic carbocycles. The number of hydrogen-bond donors (Lipinski definition) is 0. The normalized spacial score (nSPS) is 13.4. The smallest absolute Gasteiger partial charge is 0.306 e. The van der Waals surface area contributed by atoms with Crippen molar-refractivity contribution in [2.45, 2.75) is 207 Å². The summed E-state index contributed by atoms with van der Waals surface area (Å²) >= 11 is 0. The van der Waals surface area contributed by atoms with Crippen molar-refractivity contribution in [3.05, 3.63) is 134 Å². The average molecular weight is 883 g/mol. The molecule has 0 heterocycles. The van der Waals surface area contributed by atoms with Gasteiger partial charge in [0.1, 0.15) is 6.61 Å². The first-order valence-electron chi connectivity index (χ1n) is 25.7. The second-order valence-corrected chi connectivity index (χ2v) is 16.3. The van der Waals surface area contributed by atoms with Gasteiger partial charge < -0.3 is 14.2 Å². The third kappa shape index (κ3) is 50.7. The minimum absolute atomic E-state index is 0.00565. The Morgan fingerprint density at radius 2 is 0.703 bits per heavy atom. The third-order valence-electron chi connectivity index (χ3n) is 10.2. The molecular weight excluding hydrogens is 789 g/mol. The Balaban J connectivity index is 4.49. The molecule has 0 saturated heterocycles. The Labute approximate surface area is 394 Å². The van der Waals surface area contributed by atoms with Crippen LogP contribution in [0.3, 0.4) is 0 Å². The lowest BCUT2D eigenvalue weighted by Crippen LogP contribution is -2.30. The summed E-state index contributed by atoms with van der Waals surface area (Å²) in [5.74, 6) is -0.601. The van der Waals surface area contributed by atoms with E-state index in [-0.39, 0.29) is 38.0 Å². The molecule has 0 fully saturated rings. The summed E-state index contributed by atoms with van der Waals surface area (Å²) in [6.07, 6.45) is 76.3. The Morgan fingerprint density at radius 1 is 0.359 bits per heavy atom. The number of carbonyl (C=O) groups is 2. The zero-order valence-corrected chi connectivity index (χ0v) is 41.2. The summed E-state index contributed by atoms with van der Waals surface area (Å²) in [6.45, 7) is 7.40. The first-order chi connectivity index (χ1) is 31.6. The van der Waals surface area contributed by atoms with Gasteiger partial charge in [-0.1, -0.05) is 212 Å². The molecule has 0 spiro atoms. The first kappa shape index (κ1) is 60.0. The summed E-state index contributed by atoms with van der Waals surface area (Å²) in [4.78, 5) is 25.3. The Hall–Kier alpha value is -3.96. The summed E-state index contributed by atoms with van der Waals surface area (Å²) in [7, 11) is 0. The molecule has 0 aliphatic heterocycles. The topological polar surface area (TPSA) is 61.8 Å². The highest BCUT2D eigenvalue weighted by Crippen LogP contribution is 2.11. The molecule has 0 amide bonds. The molecule has 0 saturated carbocycles. The SMILES string of the molecule is CC/C=C\C/C=C\C/C=C\C/C=C\C/C=C\C/C=C\CCC(=O)OCC(COCCCCCCCC/C=C\CCCCCCCC)OC(=O)CC/C=C\C/C=C\C/C=C\C/C=C\CC. The minimum atomic E-state index is -0.617. The molecule has 0 aromatic carbocycles. The van der Waals surface area contributed by atoms with E-state index in [9.17, 15) is 9.59 Å². The van der Waals surface area contributed by atoms with E-state index in [1.165, 1.54) is 77.0 Å². The number of allylic oxidation sites excluding steroid dienone is 22. The summed E-state index contributed by atoms with van der Waals surface area (Å²) in [5.41, 5.74) is 0. The molecule has 0 aromatic heterocycles. The number of esters is 2. The molecule has 1 atom stereocenters. The molecule has 0 aliphatic rings. The van der Waals surface area contributed by atoms with E-state index in [4.69, 9.17) is 14.2 Å². The molecule has 0 radical (unpaired) electrons. The van der Waals surface area contributed by atoms with Gasteiger partial charge in [0.05, 0.1) is 6.61 Å². The van der Waals surface area contributed by atoms with E-state index < -0.39 is 6.10 Å². The highest BCUT2D eigenvalue weighted by molar-refractivity contribution is 5.70. The van der Waals surface area contributed by atoms with Gasteiger partial charge in [0, 0.05) is 19.4 Å². The fraction of sp³-hybridized carbons (Fsp3) is 0.593. The Kier molecular flexibility index (Phi) is 50.1. The van der Waals surface area contributed by atoms with Gasteiger partial charge in [-0.2, -0.15) is 0 Å². The zero-order valence-electron chi connectivity index (χ0n) is 41.2. The molecule has 360 valence electrons. The van der Waals surface area contributed by atoms with Gasteiger partial charge in [-0.15, -0.1) is 0 Å². The fourth-order valence-corrected chi connectivity index (χ4v) is 6.42. The van der Waals surface area contributed by atoms with Crippen LogP contribution in [0.4, 0.5) is 0 Å². The maximum atomic E-state index is 12.7. The van der Waals surface area contributed by atoms with Crippen molar-refractivity contribution in [1.82, 2.24) is 0 Å². The maximum Gasteiger partial charge on any atom is 0.306 e. The van der Waals surface area contributed by atoms with Gasteiger partial charge in [0.2, 0.25) is 0 Å². The number of rotatable bonds is 45. The molecule has 0 aromatic rings. The Bertz CT molecular complexity index is 1370. The molecular formula is C59H94O5. The van der Waals surface area contributed by atoms with Crippen LogP contribution in [0.2, 0.25) is 0 Å². The van der Waals surface area contributed by atoms with E-state index in [1.54, 1.807) is 0 Å². The zero-order chi connectivity index (χ0) is 46.3. The van der Waals surface area contributed by atoms with Crippen LogP contribution in [0.15, 0.2) is 134 Å². The second-order valence-electron chi connectivity index (χ2n) is 16.3. The van der Waals surface area contributed by atoms with Crippen molar-refractivity contribution in [3.63, 3.8) is 0 Å². The van der Waals surface area contributed by atoms with Crippen molar-refractivity contribution < 1.29 is 23.8 Å². The average Bonchev–Trinajstić information content (AvgIpc) is 3.30. The molecule has 64 heavy (non-hydrogen) atoms. The van der Waals surface area contributed by atoms with Crippen molar-refractivity contribution in [2.24, 2.45) is 0 Å². The van der Waals surface area contributed by atoms with Crippen LogP contribution in [-0.2, 0) is 23.8 Å². The van der Waals surface area contributed by atoms with Crippen LogP contribution in [0.5, 0.6) is 0 Å². The van der Waals surface area contributed by atoms with Gasteiger partial charge >= 0.3 is 11.9 Å². The van der Waals surface area contributed by atoms with Crippen molar-refractivity contribution in [2.75, 3.05) is 19.8 Å². The van der Waals surface area contributed by atoms with Crippen LogP contribution < -0.4 is 0 Å². The molecule has 5 heteroatoms. The molecule has 0 N–H and O–H groups in total. The molecule has 0 rings (SSSR count). The fourth-order valence-electron chi connectivity index (χ4n) is 6.42. The minimum Gasteiger partial charge on any atom is -0.462 e. The molecule has 1 unspecified atom stereocenters. The van der Waals surface area contributed by atoms with Gasteiger partial charge in [0.15, 0.2) is 6.10 Å². The predicted molar refractivity (Wildman–Crippen MR) is 278 cm³/mol. The summed E-state index contributed by atoms with van der Waals surface area (Å²) in [6, 6.07) is 0. The largest absolute Gasteiger partial charge is 0.462 e. The standard InChI is InChI=1S/C59H94O5/c1-4-7-10-13-16-19-22-25-27-29-30-31-32-35-37-40-43-46-49-52-58(60)63-56-57(64-59(61)53-50-47-44-41-38-34-24-21-18-15-12-9-6-3)55-62-54-51-48-45-42-39-36-33-28-26-23-20-17-14-11-8-5-2/h7,9-10,12,16,18-19,21,25-28,30-31,34-35,37-38,43-44,46-47,57H,4-6,8,11,13-15,17,20,22-24,29,32-33,36,39-42,45,48-56H2,1-3H3/b10-7-,12-9-,19-16-,21-18-,27-25-,28-26-,31-30-,37-35-,38-34-,46-43-,47-44-. The summed E-state index contributed by atoms with van der Waals surface area (Å²) in [5, 5.41) is 0. The number of carbonyl (C=O) groups excluding carboxylic acids is 2. The van der Waals surface area contributed by atoms with Gasteiger partial charge in [-0.25, -0.2) is 0 Å². The highest BCUT2D eigenvalue weighted by atomic mass is 16.6. The molecule has 0 bridgehead atoms. The molecule has 5 nitrogen and oxygen atoms in total. The van der Waals surface area contributed by atoms with E-state index in [1.807, 2.05) is 12.2 Å². The Morgan fingerprint density at radius 3 is 1.12 bits per heavy atom. The van der Waals surface area contributed by atoms with Crippen molar-refractivity contribution in [1.29, 1.82) is 0 Å². The number of hydrogen-bond acceptors (Lipinski definition) is 5. The van der Waals surface area contributed by atoms with E-state index in [2.05, 4.69) is 142 Å². The second kappa shape index (κ2) is 53.4. The van der Waals surface area contributed by atoms with Gasteiger partial charge in [0.25, 0.3) is 0 Å². The van der Waals surface area contributed by atoms with Crippen LogP contribution in [0.25, 0.3) is 0 Å². The van der Waals surface area contributed by atoms with Crippen LogP contribution in [-0.4, -0.2) is 37.9 Å². The number of ether oxygens (including phenoxy) is 3. The van der Waals surface area contributed by atoms with Crippen LogP contribution in [0.1, 0.15) is 201 Å². The van der Waals surface area contributed by atoms with E-state index in [0.29, 0.717) is 19.4 Å². The van der Waals surface area contributed by atoms with Gasteiger partial charge in [-0.3, -0.25) is 9.59 Å². The monoisotopic (exact) mass is 883 g/mol. The first-order valence-corrected chi connectivity index (χ1v) is 25.7. The van der Waals surface area contributed by atoms with Crippen molar-refractivity contribution in [3.8, 4) is 0 Å². The highest BCUT2D eigenvalue weighted by Gasteiger charge is 2.17. The quantitative estimate of drug-likeness (QED) is 0.0346. The maximum absolute atomic E-state index is 12.7. The van der Waals surface area contributed by atoms with E-state index >= 15 is 0 Å². The van der Waals surface area contributed by atoms with Crippen LogP contribution in [0, 0.1) is 0 Å². The number of unbranched alkanes of at least 4 members (excludes halogenated alkanes) is 12. The lowest BCUT2D eigenvalue weighted by Gasteiger charge is -2.18. The summed E-state index contributed by atoms with van der Waals surface area (Å²) < 4.78 is 17.2. The van der Waals surface area contributed by atoms with E-state index in [0.717, 1.165) is 77.0 Å². The lowest BCUT2D eigenvalue weighted by molar-refractivity contribution is -0.162. The lowest BCUT2D eigenvalue weighted by atomic mass is 10.1. The van der Waals surface area contributed by atoms with Gasteiger partial charge in [-0.05, 0) is 109 Å². The predicted octanol–water partition coefficient (Wildman–Crippen LogP) is 17.6. The van der Waals surface area contributed by atoms with Crippen LogP contribution >= 0.6 is 0 Å². The van der Waals surface area contributed by atoms with Crippen molar-refractivity contribution >= 4 is 11.9 Å².